The highest BCUT2D eigenvalue weighted by atomic mass is 32.2. The SMILES string of the molecule is NS(=O)(=O)c1ccc(CCNC(=O)C=Cc2cccc([N+](=O)[O-])c2)cc1. The Bertz CT molecular complexity index is 937. The van der Waals surface area contributed by atoms with Crippen LogP contribution in [0.5, 0.6) is 0 Å². The van der Waals surface area contributed by atoms with Crippen molar-refractivity contribution in [3.63, 3.8) is 0 Å². The molecule has 8 nitrogen and oxygen atoms in total. The smallest absolute Gasteiger partial charge is 0.270 e. The molecule has 0 saturated heterocycles. The van der Waals surface area contributed by atoms with Gasteiger partial charge in [0.1, 0.15) is 0 Å². The number of carbonyl (C=O) groups is 1. The molecule has 0 atom stereocenters. The first-order chi connectivity index (χ1) is 12.3. The van der Waals surface area contributed by atoms with Crippen LogP contribution in [0.15, 0.2) is 59.5 Å². The molecule has 0 fully saturated rings. The lowest BCUT2D eigenvalue weighted by Gasteiger charge is -2.04. The first-order valence-corrected chi connectivity index (χ1v) is 9.12. The third kappa shape index (κ3) is 5.80. The molecule has 26 heavy (non-hydrogen) atoms. The number of primary sulfonamides is 1. The van der Waals surface area contributed by atoms with E-state index in [1.54, 1.807) is 24.3 Å². The van der Waals surface area contributed by atoms with Gasteiger partial charge in [-0.1, -0.05) is 24.3 Å². The van der Waals surface area contributed by atoms with Gasteiger partial charge in [0.2, 0.25) is 15.9 Å². The van der Waals surface area contributed by atoms with Gasteiger partial charge in [-0.05, 0) is 35.8 Å². The van der Waals surface area contributed by atoms with Crippen LogP contribution in [0, 0.1) is 10.1 Å². The van der Waals surface area contributed by atoms with Crippen LogP contribution in [0.25, 0.3) is 6.08 Å². The number of sulfonamides is 1. The average molecular weight is 375 g/mol. The molecule has 0 radical (unpaired) electrons. The molecule has 0 aliphatic heterocycles. The van der Waals surface area contributed by atoms with E-state index >= 15 is 0 Å². The van der Waals surface area contributed by atoms with Gasteiger partial charge in [-0.15, -0.1) is 0 Å². The van der Waals surface area contributed by atoms with Crippen molar-refractivity contribution in [1.82, 2.24) is 5.32 Å². The summed E-state index contributed by atoms with van der Waals surface area (Å²) < 4.78 is 22.3. The number of nitrogens with zero attached hydrogens (tertiary/aromatic N) is 1. The van der Waals surface area contributed by atoms with Gasteiger partial charge in [-0.25, -0.2) is 13.6 Å². The summed E-state index contributed by atoms with van der Waals surface area (Å²) in [6.45, 7) is 0.354. The summed E-state index contributed by atoms with van der Waals surface area (Å²) in [7, 11) is -3.72. The Morgan fingerprint density at radius 1 is 1.19 bits per heavy atom. The van der Waals surface area contributed by atoms with Gasteiger partial charge in [0, 0.05) is 24.8 Å². The van der Waals surface area contributed by atoms with Gasteiger partial charge in [-0.2, -0.15) is 0 Å². The number of nitro groups is 1. The van der Waals surface area contributed by atoms with Crippen LogP contribution in [-0.2, 0) is 21.2 Å². The van der Waals surface area contributed by atoms with Gasteiger partial charge in [-0.3, -0.25) is 14.9 Å². The number of non-ortho nitro benzene ring substituents is 1. The summed E-state index contributed by atoms with van der Waals surface area (Å²) in [5, 5.41) is 18.4. The molecule has 0 aliphatic rings. The predicted molar refractivity (Wildman–Crippen MR) is 96.7 cm³/mol. The summed E-state index contributed by atoms with van der Waals surface area (Å²) in [5.74, 6) is -0.335. The maximum Gasteiger partial charge on any atom is 0.270 e. The quantitative estimate of drug-likeness (QED) is 0.431. The fraction of sp³-hybridized carbons (Fsp3) is 0.118. The number of nitrogens with one attached hydrogen (secondary N) is 1. The largest absolute Gasteiger partial charge is 0.352 e. The summed E-state index contributed by atoms with van der Waals surface area (Å²) >= 11 is 0. The van der Waals surface area contributed by atoms with Crippen LogP contribution in [0.2, 0.25) is 0 Å². The topological polar surface area (TPSA) is 132 Å². The van der Waals surface area contributed by atoms with Crippen molar-refractivity contribution >= 4 is 27.7 Å². The third-order valence-electron chi connectivity index (χ3n) is 3.47. The average Bonchev–Trinajstić information content (AvgIpc) is 2.60. The summed E-state index contributed by atoms with van der Waals surface area (Å²) in [4.78, 5) is 22.0. The van der Waals surface area contributed by atoms with Crippen molar-refractivity contribution in [1.29, 1.82) is 0 Å². The molecule has 0 saturated carbocycles. The molecule has 0 bridgehead atoms. The Labute approximate surface area is 150 Å². The Hall–Kier alpha value is -3.04. The van der Waals surface area contributed by atoms with Crippen molar-refractivity contribution in [2.45, 2.75) is 11.3 Å². The van der Waals surface area contributed by atoms with Crippen LogP contribution in [-0.4, -0.2) is 25.8 Å². The first kappa shape index (κ1) is 19.3. The summed E-state index contributed by atoms with van der Waals surface area (Å²) in [6, 6.07) is 12.0. The zero-order valence-corrected chi connectivity index (χ0v) is 14.5. The number of benzene rings is 2. The Morgan fingerprint density at radius 3 is 2.50 bits per heavy atom. The van der Waals surface area contributed by atoms with Crippen molar-refractivity contribution in [3.05, 3.63) is 75.8 Å². The molecule has 1 amide bonds. The van der Waals surface area contributed by atoms with Crippen LogP contribution in [0.1, 0.15) is 11.1 Å². The fourth-order valence-corrected chi connectivity index (χ4v) is 2.66. The van der Waals surface area contributed by atoms with Crippen molar-refractivity contribution in [2.75, 3.05) is 6.54 Å². The minimum atomic E-state index is -3.72. The fourth-order valence-electron chi connectivity index (χ4n) is 2.15. The lowest BCUT2D eigenvalue weighted by Crippen LogP contribution is -2.23. The minimum Gasteiger partial charge on any atom is -0.352 e. The van der Waals surface area contributed by atoms with Crippen LogP contribution >= 0.6 is 0 Å². The standard InChI is InChI=1S/C17H17N3O5S/c18-26(24,25)16-7-4-13(5-8-16)10-11-19-17(21)9-6-14-2-1-3-15(12-14)20(22)23/h1-9,12H,10-11H2,(H,19,21)(H2,18,24,25). The van der Waals surface area contributed by atoms with Crippen LogP contribution in [0.4, 0.5) is 5.69 Å². The molecule has 0 spiro atoms. The van der Waals surface area contributed by atoms with E-state index in [1.807, 2.05) is 0 Å². The number of nitrogens with two attached hydrogens (primary N) is 1. The van der Waals surface area contributed by atoms with Crippen molar-refractivity contribution in [3.8, 4) is 0 Å². The summed E-state index contributed by atoms with van der Waals surface area (Å²) in [5.41, 5.74) is 1.35. The number of amides is 1. The monoisotopic (exact) mass is 375 g/mol. The molecule has 0 aliphatic carbocycles. The molecule has 136 valence electrons. The van der Waals surface area contributed by atoms with E-state index in [-0.39, 0.29) is 16.5 Å². The number of rotatable bonds is 7. The second-order valence-corrected chi connectivity index (χ2v) is 6.98. The van der Waals surface area contributed by atoms with E-state index in [1.165, 1.54) is 36.4 Å². The van der Waals surface area contributed by atoms with Crippen molar-refractivity contribution in [2.24, 2.45) is 5.14 Å². The second-order valence-electron chi connectivity index (χ2n) is 5.42. The normalized spacial score (nSPS) is 11.4. The van der Waals surface area contributed by atoms with Gasteiger partial charge in [0.25, 0.3) is 5.69 Å². The first-order valence-electron chi connectivity index (χ1n) is 7.58. The highest BCUT2D eigenvalue weighted by molar-refractivity contribution is 7.89. The minimum absolute atomic E-state index is 0.0326. The molecule has 9 heteroatoms. The lowest BCUT2D eigenvalue weighted by molar-refractivity contribution is -0.384. The number of hydrogen-bond donors (Lipinski definition) is 2. The van der Waals surface area contributed by atoms with E-state index in [9.17, 15) is 23.3 Å². The van der Waals surface area contributed by atoms with E-state index in [0.29, 0.717) is 18.5 Å². The third-order valence-corrected chi connectivity index (χ3v) is 4.40. The van der Waals surface area contributed by atoms with Crippen molar-refractivity contribution < 1.29 is 18.1 Å². The van der Waals surface area contributed by atoms with Gasteiger partial charge in [0.05, 0.1) is 9.82 Å². The Balaban J connectivity index is 1.85. The van der Waals surface area contributed by atoms with Gasteiger partial charge >= 0.3 is 0 Å². The molecule has 0 aromatic heterocycles. The van der Waals surface area contributed by atoms with Crippen LogP contribution in [0.3, 0.4) is 0 Å². The molecule has 2 aromatic carbocycles. The molecular weight excluding hydrogens is 358 g/mol. The maximum absolute atomic E-state index is 11.8. The molecule has 2 aromatic rings. The number of hydrogen-bond acceptors (Lipinski definition) is 5. The number of carbonyl (C=O) groups excluding carboxylic acids is 1. The van der Waals surface area contributed by atoms with E-state index in [2.05, 4.69) is 5.32 Å². The zero-order chi connectivity index (χ0) is 19.2. The Kier molecular flexibility index (Phi) is 6.21. The van der Waals surface area contributed by atoms with Crippen LogP contribution < -0.4 is 10.5 Å². The van der Waals surface area contributed by atoms with Gasteiger partial charge in [0.15, 0.2) is 0 Å². The molecule has 2 rings (SSSR count). The lowest BCUT2D eigenvalue weighted by atomic mass is 10.1. The highest BCUT2D eigenvalue weighted by Gasteiger charge is 2.07. The van der Waals surface area contributed by atoms with Gasteiger partial charge < -0.3 is 5.32 Å². The molecular formula is C17H17N3O5S. The molecule has 0 unspecified atom stereocenters. The predicted octanol–water partition coefficient (Wildman–Crippen LogP) is 1.61. The van der Waals surface area contributed by atoms with E-state index in [0.717, 1.165) is 5.56 Å². The number of nitro benzene ring substituents is 1. The summed E-state index contributed by atoms with van der Waals surface area (Å²) in [6.07, 6.45) is 3.30. The maximum atomic E-state index is 11.8. The highest BCUT2D eigenvalue weighted by Crippen LogP contribution is 2.14. The molecule has 3 N–H and O–H groups in total. The zero-order valence-electron chi connectivity index (χ0n) is 13.7. The second kappa shape index (κ2) is 8.37. The van der Waals surface area contributed by atoms with E-state index < -0.39 is 14.9 Å². The van der Waals surface area contributed by atoms with E-state index in [4.69, 9.17) is 5.14 Å². The Morgan fingerprint density at radius 2 is 1.88 bits per heavy atom. The molecule has 0 heterocycles.